The molecule has 2 fully saturated rings. The molecule has 3 aromatic heterocycles. The van der Waals surface area contributed by atoms with Crippen molar-refractivity contribution >= 4 is 17.2 Å². The highest BCUT2D eigenvalue weighted by Gasteiger charge is 2.30. The van der Waals surface area contributed by atoms with Crippen LogP contribution in [0.4, 0.5) is 5.82 Å². The Kier molecular flexibility index (Phi) is 5.83. The standard InChI is InChI=1S/C25H30N4O3/c1-16-11-21(23(14-26-16)32-15-22(30)17-5-3-2-4-6-17)19-9-10-29-20(12-19)13-24(28-29)27-25(31)18-7-8-18/h9-14,17-18,22,30H,2-8,15H2,1H3,(H,27,28,31)/t22-/m1/s1. The second-order valence-electron chi connectivity index (χ2n) is 9.18. The third-order valence-corrected chi connectivity index (χ3v) is 6.58. The largest absolute Gasteiger partial charge is 0.489 e. The molecule has 1 amide bonds. The predicted molar refractivity (Wildman–Crippen MR) is 123 cm³/mol. The number of hydrogen-bond donors (Lipinski definition) is 2. The zero-order valence-electron chi connectivity index (χ0n) is 18.5. The lowest BCUT2D eigenvalue weighted by atomic mass is 9.85. The van der Waals surface area contributed by atoms with Crippen LogP contribution in [0.2, 0.25) is 0 Å². The number of aryl methyl sites for hydroxylation is 1. The van der Waals surface area contributed by atoms with Gasteiger partial charge in [-0.2, -0.15) is 5.10 Å². The number of carbonyl (C=O) groups excluding carboxylic acids is 1. The number of nitrogens with zero attached hydrogens (tertiary/aromatic N) is 3. The minimum absolute atomic E-state index is 0.0468. The highest BCUT2D eigenvalue weighted by Crippen LogP contribution is 2.33. The third kappa shape index (κ3) is 4.63. The number of fused-ring (bicyclic) bond motifs is 1. The minimum atomic E-state index is -0.459. The van der Waals surface area contributed by atoms with Gasteiger partial charge in [0.1, 0.15) is 12.4 Å². The molecule has 2 aliphatic rings. The summed E-state index contributed by atoms with van der Waals surface area (Å²) >= 11 is 0. The summed E-state index contributed by atoms with van der Waals surface area (Å²) in [5.41, 5.74) is 3.69. The molecule has 2 saturated carbocycles. The summed E-state index contributed by atoms with van der Waals surface area (Å²) in [5.74, 6) is 1.73. The van der Waals surface area contributed by atoms with Crippen LogP contribution < -0.4 is 10.1 Å². The van der Waals surface area contributed by atoms with Crippen molar-refractivity contribution in [1.82, 2.24) is 14.6 Å². The van der Waals surface area contributed by atoms with Gasteiger partial charge in [-0.25, -0.2) is 4.52 Å². The van der Waals surface area contributed by atoms with Crippen LogP contribution in [0.15, 0.2) is 36.7 Å². The molecule has 2 N–H and O–H groups in total. The highest BCUT2D eigenvalue weighted by molar-refractivity contribution is 5.93. The second kappa shape index (κ2) is 8.90. The molecule has 32 heavy (non-hydrogen) atoms. The van der Waals surface area contributed by atoms with Gasteiger partial charge >= 0.3 is 0 Å². The number of rotatable bonds is 7. The van der Waals surface area contributed by atoms with E-state index in [-0.39, 0.29) is 18.4 Å². The normalized spacial score (nSPS) is 17.9. The van der Waals surface area contributed by atoms with Crippen molar-refractivity contribution in [1.29, 1.82) is 0 Å². The van der Waals surface area contributed by atoms with Crippen LogP contribution in [0.5, 0.6) is 5.75 Å². The molecule has 0 aliphatic heterocycles. The molecule has 1 atom stereocenters. The maximum atomic E-state index is 12.1. The molecule has 0 radical (unpaired) electrons. The van der Waals surface area contributed by atoms with Gasteiger partial charge in [-0.3, -0.25) is 9.78 Å². The summed E-state index contributed by atoms with van der Waals surface area (Å²) in [7, 11) is 0. The van der Waals surface area contributed by atoms with Crippen molar-refractivity contribution < 1.29 is 14.6 Å². The second-order valence-corrected chi connectivity index (χ2v) is 9.18. The monoisotopic (exact) mass is 434 g/mol. The summed E-state index contributed by atoms with van der Waals surface area (Å²) in [4.78, 5) is 16.5. The average Bonchev–Trinajstić information content (AvgIpc) is 3.59. The Morgan fingerprint density at radius 2 is 2.03 bits per heavy atom. The molecule has 2 aliphatic carbocycles. The number of aromatic nitrogens is 3. The fourth-order valence-corrected chi connectivity index (χ4v) is 4.51. The lowest BCUT2D eigenvalue weighted by Crippen LogP contribution is -2.29. The summed E-state index contributed by atoms with van der Waals surface area (Å²) in [5, 5.41) is 18.0. The van der Waals surface area contributed by atoms with E-state index in [1.54, 1.807) is 10.7 Å². The van der Waals surface area contributed by atoms with Crippen molar-refractivity contribution in [2.24, 2.45) is 11.8 Å². The van der Waals surface area contributed by atoms with E-state index >= 15 is 0 Å². The van der Waals surface area contributed by atoms with Crippen molar-refractivity contribution in [3.05, 3.63) is 42.4 Å². The predicted octanol–water partition coefficient (Wildman–Crippen LogP) is 4.37. The fourth-order valence-electron chi connectivity index (χ4n) is 4.51. The van der Waals surface area contributed by atoms with E-state index < -0.39 is 6.10 Å². The van der Waals surface area contributed by atoms with Crippen LogP contribution in [-0.2, 0) is 4.79 Å². The van der Waals surface area contributed by atoms with Gasteiger partial charge in [0.05, 0.1) is 17.8 Å². The number of pyridine rings is 2. The van der Waals surface area contributed by atoms with Gasteiger partial charge in [-0.05, 0) is 62.3 Å². The van der Waals surface area contributed by atoms with E-state index in [1.807, 2.05) is 37.4 Å². The first-order valence-corrected chi connectivity index (χ1v) is 11.6. The summed E-state index contributed by atoms with van der Waals surface area (Å²) in [6, 6.07) is 7.89. The first-order valence-electron chi connectivity index (χ1n) is 11.6. The Morgan fingerprint density at radius 3 is 2.81 bits per heavy atom. The Bertz CT molecular complexity index is 1120. The topological polar surface area (TPSA) is 88.8 Å². The van der Waals surface area contributed by atoms with Crippen LogP contribution in [0.25, 0.3) is 16.6 Å². The van der Waals surface area contributed by atoms with Crippen molar-refractivity contribution in [2.45, 2.75) is 58.0 Å². The number of anilines is 1. The number of nitrogens with one attached hydrogen (secondary N) is 1. The van der Waals surface area contributed by atoms with Crippen LogP contribution in [0, 0.1) is 18.8 Å². The van der Waals surface area contributed by atoms with Crippen molar-refractivity contribution in [2.75, 3.05) is 11.9 Å². The number of aliphatic hydroxyl groups is 1. The molecule has 0 saturated heterocycles. The number of aliphatic hydroxyl groups excluding tert-OH is 1. The Morgan fingerprint density at radius 1 is 1.22 bits per heavy atom. The van der Waals surface area contributed by atoms with E-state index in [0.717, 1.165) is 48.0 Å². The molecule has 5 rings (SSSR count). The van der Waals surface area contributed by atoms with Crippen LogP contribution in [0.3, 0.4) is 0 Å². The lowest BCUT2D eigenvalue weighted by molar-refractivity contribution is -0.117. The number of hydrogen-bond acceptors (Lipinski definition) is 5. The van der Waals surface area contributed by atoms with Gasteiger partial charge in [0.15, 0.2) is 5.82 Å². The van der Waals surface area contributed by atoms with Gasteiger partial charge in [-0.15, -0.1) is 0 Å². The fraction of sp³-hybridized carbons (Fsp3) is 0.480. The van der Waals surface area contributed by atoms with Gasteiger partial charge in [0, 0.05) is 29.4 Å². The Hall–Kier alpha value is -2.93. The van der Waals surface area contributed by atoms with Gasteiger partial charge in [-0.1, -0.05) is 19.3 Å². The number of ether oxygens (including phenoxy) is 1. The molecule has 0 unspecified atom stereocenters. The Labute approximate surface area is 187 Å². The zero-order valence-corrected chi connectivity index (χ0v) is 18.5. The quantitative estimate of drug-likeness (QED) is 0.576. The summed E-state index contributed by atoms with van der Waals surface area (Å²) in [6.45, 7) is 2.22. The molecule has 7 heteroatoms. The van der Waals surface area contributed by atoms with E-state index in [2.05, 4.69) is 15.4 Å². The molecule has 168 valence electrons. The molecule has 3 heterocycles. The molecule has 0 bridgehead atoms. The van der Waals surface area contributed by atoms with Gasteiger partial charge < -0.3 is 15.2 Å². The molecule has 0 aromatic carbocycles. The Balaban J connectivity index is 1.35. The first-order chi connectivity index (χ1) is 15.6. The van der Waals surface area contributed by atoms with Gasteiger partial charge in [0.2, 0.25) is 5.91 Å². The van der Waals surface area contributed by atoms with Crippen LogP contribution >= 0.6 is 0 Å². The SMILES string of the molecule is Cc1cc(-c2ccn3nc(NC(=O)C4CC4)cc3c2)c(OC[C@@H](O)C2CCCCC2)cn1. The number of amides is 1. The van der Waals surface area contributed by atoms with E-state index in [0.29, 0.717) is 17.5 Å². The highest BCUT2D eigenvalue weighted by atomic mass is 16.5. The van der Waals surface area contributed by atoms with E-state index in [1.165, 1.54) is 19.3 Å². The van der Waals surface area contributed by atoms with Crippen molar-refractivity contribution in [3.63, 3.8) is 0 Å². The first kappa shape index (κ1) is 20.9. The molecule has 7 nitrogen and oxygen atoms in total. The van der Waals surface area contributed by atoms with E-state index in [4.69, 9.17) is 4.74 Å². The smallest absolute Gasteiger partial charge is 0.228 e. The molecular weight excluding hydrogens is 404 g/mol. The van der Waals surface area contributed by atoms with Crippen LogP contribution in [-0.4, -0.2) is 38.3 Å². The molecule has 0 spiro atoms. The molecular formula is C25H30N4O3. The van der Waals surface area contributed by atoms with Gasteiger partial charge in [0.25, 0.3) is 0 Å². The maximum absolute atomic E-state index is 12.1. The zero-order chi connectivity index (χ0) is 22.1. The maximum Gasteiger partial charge on any atom is 0.228 e. The van der Waals surface area contributed by atoms with Crippen molar-refractivity contribution in [3.8, 4) is 16.9 Å². The summed E-state index contributed by atoms with van der Waals surface area (Å²) < 4.78 is 7.83. The minimum Gasteiger partial charge on any atom is -0.489 e. The van der Waals surface area contributed by atoms with Crippen LogP contribution in [0.1, 0.15) is 50.6 Å². The average molecular weight is 435 g/mol. The number of carbonyl (C=O) groups is 1. The van der Waals surface area contributed by atoms with E-state index in [9.17, 15) is 9.90 Å². The summed E-state index contributed by atoms with van der Waals surface area (Å²) in [6.07, 6.45) is 10.9. The lowest BCUT2D eigenvalue weighted by Gasteiger charge is -2.26. The third-order valence-electron chi connectivity index (χ3n) is 6.58. The molecule has 3 aromatic rings.